The predicted molar refractivity (Wildman–Crippen MR) is 116 cm³/mol. The van der Waals surface area contributed by atoms with E-state index in [9.17, 15) is 13.2 Å². The number of hydrogen-bond acceptors (Lipinski definition) is 6. The van der Waals surface area contributed by atoms with Gasteiger partial charge in [-0.2, -0.15) is 0 Å². The quantitative estimate of drug-likeness (QED) is 0.467. The normalized spacial score (nSPS) is 21.0. The van der Waals surface area contributed by atoms with Crippen molar-refractivity contribution < 1.29 is 27.4 Å². The molecule has 0 aromatic heterocycles. The van der Waals surface area contributed by atoms with Crippen molar-refractivity contribution in [2.75, 3.05) is 6.61 Å². The molecule has 1 aromatic rings. The van der Waals surface area contributed by atoms with E-state index in [1.807, 2.05) is 13.8 Å². The summed E-state index contributed by atoms with van der Waals surface area (Å²) >= 11 is 0. The number of benzene rings is 1. The average molecular weight is 439 g/mol. The minimum Gasteiger partial charge on any atom is -0.460 e. The molecular formula is C23H34O6S. The molecule has 0 spiro atoms. The van der Waals surface area contributed by atoms with E-state index in [-0.39, 0.29) is 17.9 Å². The molecule has 0 radical (unpaired) electrons. The van der Waals surface area contributed by atoms with Crippen LogP contribution < -0.4 is 0 Å². The number of esters is 1. The van der Waals surface area contributed by atoms with E-state index in [4.69, 9.17) is 14.2 Å². The molecule has 0 aliphatic carbocycles. The van der Waals surface area contributed by atoms with Gasteiger partial charge in [-0.15, -0.1) is 0 Å². The van der Waals surface area contributed by atoms with Crippen LogP contribution in [-0.2, 0) is 28.8 Å². The van der Waals surface area contributed by atoms with Crippen molar-refractivity contribution in [2.24, 2.45) is 5.92 Å². The SMILES string of the molecule is CC(C)=C[C@@H]([C@H](CC(=O)OC(C)(C)C)[C@H]1COC(C)(C)O1)S(=O)(=O)c1ccccc1. The maximum absolute atomic E-state index is 13.6. The molecule has 0 saturated carbocycles. The van der Waals surface area contributed by atoms with Crippen molar-refractivity contribution in [3.05, 3.63) is 42.0 Å². The smallest absolute Gasteiger partial charge is 0.306 e. The maximum atomic E-state index is 13.6. The third-order valence-electron chi connectivity index (χ3n) is 4.68. The molecule has 1 aliphatic heterocycles. The minimum absolute atomic E-state index is 0.0954. The Kier molecular flexibility index (Phi) is 7.54. The van der Waals surface area contributed by atoms with Crippen molar-refractivity contribution in [1.82, 2.24) is 0 Å². The van der Waals surface area contributed by atoms with Crippen molar-refractivity contribution in [1.29, 1.82) is 0 Å². The highest BCUT2D eigenvalue weighted by Crippen LogP contribution is 2.35. The molecule has 1 heterocycles. The molecule has 3 atom stereocenters. The number of rotatable bonds is 7. The van der Waals surface area contributed by atoms with E-state index in [0.717, 1.165) is 5.57 Å². The fourth-order valence-corrected chi connectivity index (χ4v) is 5.53. The van der Waals surface area contributed by atoms with Crippen LogP contribution in [0.5, 0.6) is 0 Å². The van der Waals surface area contributed by atoms with Crippen LogP contribution in [0.25, 0.3) is 0 Å². The molecule has 6 nitrogen and oxygen atoms in total. The van der Waals surface area contributed by atoms with Gasteiger partial charge in [-0.05, 0) is 60.6 Å². The van der Waals surface area contributed by atoms with Gasteiger partial charge in [-0.25, -0.2) is 8.42 Å². The van der Waals surface area contributed by atoms with E-state index in [2.05, 4.69) is 0 Å². The summed E-state index contributed by atoms with van der Waals surface area (Å²) in [6, 6.07) is 8.29. The van der Waals surface area contributed by atoms with E-state index in [0.29, 0.717) is 0 Å². The Morgan fingerprint density at radius 2 is 1.83 bits per heavy atom. The van der Waals surface area contributed by atoms with Crippen LogP contribution in [0.2, 0.25) is 0 Å². The van der Waals surface area contributed by atoms with Gasteiger partial charge in [0.1, 0.15) is 5.60 Å². The second-order valence-electron chi connectivity index (χ2n) is 9.39. The third kappa shape index (κ3) is 6.65. The molecule has 1 aromatic carbocycles. The summed E-state index contributed by atoms with van der Waals surface area (Å²) in [6.07, 6.45) is 1.04. The number of carbonyl (C=O) groups is 1. The van der Waals surface area contributed by atoms with Gasteiger partial charge < -0.3 is 14.2 Å². The fraction of sp³-hybridized carbons (Fsp3) is 0.609. The van der Waals surface area contributed by atoms with Gasteiger partial charge in [0.25, 0.3) is 0 Å². The third-order valence-corrected chi connectivity index (χ3v) is 6.81. The van der Waals surface area contributed by atoms with Crippen LogP contribution in [0, 0.1) is 5.92 Å². The standard InChI is InChI=1S/C23H34O6S/c1-16(2)13-20(30(25,26)17-11-9-8-10-12-17)18(14-21(24)29-22(3,4)5)19-15-27-23(6,7)28-19/h8-13,18-20H,14-15H2,1-7H3/t18-,19-,20+/m1/s1. The molecule has 168 valence electrons. The Morgan fingerprint density at radius 3 is 2.30 bits per heavy atom. The average Bonchev–Trinajstić information content (AvgIpc) is 2.96. The highest BCUT2D eigenvalue weighted by molar-refractivity contribution is 7.92. The lowest BCUT2D eigenvalue weighted by Crippen LogP contribution is -2.41. The van der Waals surface area contributed by atoms with Crippen LogP contribution in [0.4, 0.5) is 0 Å². The first-order valence-corrected chi connectivity index (χ1v) is 11.7. The molecule has 2 rings (SSSR count). The largest absolute Gasteiger partial charge is 0.460 e. The van der Waals surface area contributed by atoms with E-state index in [1.54, 1.807) is 71.0 Å². The molecule has 7 heteroatoms. The van der Waals surface area contributed by atoms with Gasteiger partial charge in [-0.3, -0.25) is 4.79 Å². The summed E-state index contributed by atoms with van der Waals surface area (Å²) in [6.45, 7) is 12.8. The molecule has 0 N–H and O–H groups in total. The highest BCUT2D eigenvalue weighted by Gasteiger charge is 2.45. The lowest BCUT2D eigenvalue weighted by atomic mass is 9.93. The second kappa shape index (κ2) is 9.20. The van der Waals surface area contributed by atoms with Gasteiger partial charge in [0.15, 0.2) is 15.6 Å². The van der Waals surface area contributed by atoms with E-state index >= 15 is 0 Å². The summed E-state index contributed by atoms with van der Waals surface area (Å²) < 4.78 is 44.4. The lowest BCUT2D eigenvalue weighted by molar-refractivity contribution is -0.161. The monoisotopic (exact) mass is 438 g/mol. The minimum atomic E-state index is -3.78. The molecular weight excluding hydrogens is 404 g/mol. The van der Waals surface area contributed by atoms with E-state index in [1.165, 1.54) is 0 Å². The molecule has 0 unspecified atom stereocenters. The molecule has 1 fully saturated rings. The predicted octanol–water partition coefficient (Wildman–Crippen LogP) is 4.29. The van der Waals surface area contributed by atoms with E-state index < -0.39 is 44.5 Å². The number of allylic oxidation sites excluding steroid dienone is 1. The Bertz CT molecular complexity index is 861. The van der Waals surface area contributed by atoms with Gasteiger partial charge in [0.05, 0.1) is 29.3 Å². The first-order chi connectivity index (χ1) is 13.7. The van der Waals surface area contributed by atoms with Crippen molar-refractivity contribution in [3.63, 3.8) is 0 Å². The van der Waals surface area contributed by atoms with Gasteiger partial charge >= 0.3 is 5.97 Å². The summed E-state index contributed by atoms with van der Waals surface area (Å²) in [5.74, 6) is -1.97. The fourth-order valence-electron chi connectivity index (χ4n) is 3.50. The zero-order valence-electron chi connectivity index (χ0n) is 19.0. The first-order valence-electron chi connectivity index (χ1n) is 10.2. The summed E-state index contributed by atoms with van der Waals surface area (Å²) in [7, 11) is -3.78. The Morgan fingerprint density at radius 1 is 1.23 bits per heavy atom. The molecule has 30 heavy (non-hydrogen) atoms. The molecule has 0 amide bonds. The van der Waals surface area contributed by atoms with Gasteiger partial charge in [0.2, 0.25) is 0 Å². The second-order valence-corrected chi connectivity index (χ2v) is 11.5. The number of carbonyl (C=O) groups excluding carboxylic acids is 1. The highest BCUT2D eigenvalue weighted by atomic mass is 32.2. The van der Waals surface area contributed by atoms with Gasteiger partial charge in [0, 0.05) is 5.92 Å². The lowest BCUT2D eigenvalue weighted by Gasteiger charge is -2.30. The number of hydrogen-bond donors (Lipinski definition) is 0. The Labute approximate surface area is 180 Å². The number of sulfone groups is 1. The Hall–Kier alpha value is -1.70. The Balaban J connectivity index is 2.50. The van der Waals surface area contributed by atoms with Crippen LogP contribution >= 0.6 is 0 Å². The summed E-state index contributed by atoms with van der Waals surface area (Å²) in [5.41, 5.74) is 0.171. The topological polar surface area (TPSA) is 78.9 Å². The van der Waals surface area contributed by atoms with Crippen LogP contribution in [0.15, 0.2) is 46.9 Å². The summed E-state index contributed by atoms with van der Waals surface area (Å²) in [5, 5.41) is -0.958. The summed E-state index contributed by atoms with van der Waals surface area (Å²) in [4.78, 5) is 12.9. The molecule has 0 bridgehead atoms. The van der Waals surface area contributed by atoms with Crippen LogP contribution in [-0.4, -0.2) is 43.7 Å². The zero-order valence-corrected chi connectivity index (χ0v) is 19.8. The van der Waals surface area contributed by atoms with Crippen LogP contribution in [0.3, 0.4) is 0 Å². The molecule has 1 aliphatic rings. The molecule has 1 saturated heterocycles. The zero-order chi connectivity index (χ0) is 22.7. The van der Waals surface area contributed by atoms with Crippen LogP contribution in [0.1, 0.15) is 54.9 Å². The number of ether oxygens (including phenoxy) is 3. The van der Waals surface area contributed by atoms with Crippen molar-refractivity contribution >= 4 is 15.8 Å². The van der Waals surface area contributed by atoms with Crippen molar-refractivity contribution in [2.45, 2.75) is 82.5 Å². The van der Waals surface area contributed by atoms with Crippen molar-refractivity contribution in [3.8, 4) is 0 Å². The maximum Gasteiger partial charge on any atom is 0.306 e. The first kappa shape index (κ1) is 24.6. The van der Waals surface area contributed by atoms with Gasteiger partial charge in [-0.1, -0.05) is 29.8 Å².